The van der Waals surface area contributed by atoms with Crippen LogP contribution in [0.1, 0.15) is 19.4 Å². The molecular weight excluding hydrogens is 314 g/mol. The van der Waals surface area contributed by atoms with Crippen LogP contribution in [-0.4, -0.2) is 40.3 Å². The summed E-state index contributed by atoms with van der Waals surface area (Å²) in [6.07, 6.45) is 2.81. The highest BCUT2D eigenvalue weighted by molar-refractivity contribution is 7.89. The molecular formula is C16H23N3O3S. The first-order valence-electron chi connectivity index (χ1n) is 7.51. The molecule has 0 spiro atoms. The van der Waals surface area contributed by atoms with Crippen molar-refractivity contribution in [2.75, 3.05) is 6.61 Å². The van der Waals surface area contributed by atoms with Gasteiger partial charge in [-0.15, -0.1) is 0 Å². The molecule has 0 fully saturated rings. The summed E-state index contributed by atoms with van der Waals surface area (Å²) in [5.74, 6) is -0.0184. The van der Waals surface area contributed by atoms with Crippen molar-refractivity contribution in [3.8, 4) is 0 Å². The van der Waals surface area contributed by atoms with Gasteiger partial charge in [-0.05, 0) is 11.5 Å². The van der Waals surface area contributed by atoms with Crippen LogP contribution in [0.5, 0.6) is 0 Å². The van der Waals surface area contributed by atoms with Crippen LogP contribution in [0.15, 0.2) is 47.6 Å². The SMILES string of the molecule is CC(C)[C@@H](CO)N(Cc1ccccc1)S(=O)(=O)c1cnn(C)c1. The van der Waals surface area contributed by atoms with Crippen molar-refractivity contribution in [3.63, 3.8) is 0 Å². The van der Waals surface area contributed by atoms with E-state index in [4.69, 9.17) is 0 Å². The highest BCUT2D eigenvalue weighted by atomic mass is 32.2. The van der Waals surface area contributed by atoms with Crippen LogP contribution in [0.4, 0.5) is 0 Å². The van der Waals surface area contributed by atoms with E-state index in [1.165, 1.54) is 21.4 Å². The van der Waals surface area contributed by atoms with Gasteiger partial charge in [0.25, 0.3) is 0 Å². The lowest BCUT2D eigenvalue weighted by molar-refractivity contribution is 0.148. The van der Waals surface area contributed by atoms with E-state index in [1.807, 2.05) is 44.2 Å². The van der Waals surface area contributed by atoms with Crippen LogP contribution in [-0.2, 0) is 23.6 Å². The van der Waals surface area contributed by atoms with Crippen molar-refractivity contribution >= 4 is 10.0 Å². The Balaban J connectivity index is 2.44. The van der Waals surface area contributed by atoms with Gasteiger partial charge in [0.2, 0.25) is 10.0 Å². The van der Waals surface area contributed by atoms with Gasteiger partial charge in [-0.25, -0.2) is 8.42 Å². The minimum Gasteiger partial charge on any atom is -0.395 e. The van der Waals surface area contributed by atoms with Crippen LogP contribution < -0.4 is 0 Å². The predicted molar refractivity (Wildman–Crippen MR) is 88.1 cm³/mol. The van der Waals surface area contributed by atoms with Gasteiger partial charge in [-0.2, -0.15) is 9.40 Å². The molecule has 6 nitrogen and oxygen atoms in total. The Morgan fingerprint density at radius 1 is 1.26 bits per heavy atom. The van der Waals surface area contributed by atoms with E-state index in [0.29, 0.717) is 0 Å². The molecule has 0 amide bonds. The molecule has 0 saturated heterocycles. The monoisotopic (exact) mass is 337 g/mol. The van der Waals surface area contributed by atoms with Crippen LogP contribution in [0.25, 0.3) is 0 Å². The first-order chi connectivity index (χ1) is 10.9. The van der Waals surface area contributed by atoms with Crippen molar-refractivity contribution in [1.29, 1.82) is 0 Å². The third-order valence-electron chi connectivity index (χ3n) is 3.80. The maximum Gasteiger partial charge on any atom is 0.246 e. The third kappa shape index (κ3) is 3.99. The second kappa shape index (κ2) is 7.25. The lowest BCUT2D eigenvalue weighted by atomic mass is 10.1. The number of aromatic nitrogens is 2. The van der Waals surface area contributed by atoms with Crippen molar-refractivity contribution in [2.24, 2.45) is 13.0 Å². The second-order valence-corrected chi connectivity index (χ2v) is 7.77. The fourth-order valence-corrected chi connectivity index (χ4v) is 4.17. The molecule has 0 unspecified atom stereocenters. The molecule has 1 aromatic carbocycles. The molecule has 0 aliphatic rings. The number of sulfonamides is 1. The fraction of sp³-hybridized carbons (Fsp3) is 0.438. The van der Waals surface area contributed by atoms with Crippen molar-refractivity contribution in [3.05, 3.63) is 48.3 Å². The summed E-state index contributed by atoms with van der Waals surface area (Å²) >= 11 is 0. The second-order valence-electron chi connectivity index (χ2n) is 5.88. The van der Waals surface area contributed by atoms with Gasteiger partial charge in [0.15, 0.2) is 0 Å². The van der Waals surface area contributed by atoms with Crippen molar-refractivity contribution < 1.29 is 13.5 Å². The number of hydrogen-bond donors (Lipinski definition) is 1. The molecule has 1 atom stereocenters. The first kappa shape index (κ1) is 17.7. The molecule has 126 valence electrons. The molecule has 7 heteroatoms. The Morgan fingerprint density at radius 3 is 2.39 bits per heavy atom. The maximum atomic E-state index is 13.0. The molecule has 2 rings (SSSR count). The van der Waals surface area contributed by atoms with Gasteiger partial charge in [0, 0.05) is 19.8 Å². The highest BCUT2D eigenvalue weighted by Gasteiger charge is 2.33. The molecule has 0 aliphatic heterocycles. The average molecular weight is 337 g/mol. The predicted octanol–water partition coefficient (Wildman–Crippen LogP) is 1.63. The molecule has 0 radical (unpaired) electrons. The number of rotatable bonds is 7. The summed E-state index contributed by atoms with van der Waals surface area (Å²) in [7, 11) is -2.07. The molecule has 23 heavy (non-hydrogen) atoms. The Labute approximate surface area is 137 Å². The van der Waals surface area contributed by atoms with E-state index >= 15 is 0 Å². The Hall–Kier alpha value is -1.70. The van der Waals surface area contributed by atoms with Gasteiger partial charge in [0.05, 0.1) is 18.8 Å². The quantitative estimate of drug-likeness (QED) is 0.833. The van der Waals surface area contributed by atoms with E-state index in [-0.39, 0.29) is 24.0 Å². The lowest BCUT2D eigenvalue weighted by Gasteiger charge is -2.32. The number of nitrogens with zero attached hydrogens (tertiary/aromatic N) is 3. The van der Waals surface area contributed by atoms with Gasteiger partial charge >= 0.3 is 0 Å². The molecule has 1 heterocycles. The lowest BCUT2D eigenvalue weighted by Crippen LogP contribution is -2.44. The molecule has 1 aromatic heterocycles. The maximum absolute atomic E-state index is 13.0. The summed E-state index contributed by atoms with van der Waals surface area (Å²) in [4.78, 5) is 0.134. The minimum atomic E-state index is -3.74. The zero-order chi connectivity index (χ0) is 17.0. The largest absolute Gasteiger partial charge is 0.395 e. The van der Waals surface area contributed by atoms with Crippen LogP contribution >= 0.6 is 0 Å². The molecule has 2 aromatic rings. The number of hydrogen-bond acceptors (Lipinski definition) is 4. The summed E-state index contributed by atoms with van der Waals surface area (Å²) in [6, 6.07) is 8.87. The van der Waals surface area contributed by atoms with Gasteiger partial charge in [-0.1, -0.05) is 44.2 Å². The summed E-state index contributed by atoms with van der Waals surface area (Å²) in [5.41, 5.74) is 0.874. The van der Waals surface area contributed by atoms with E-state index < -0.39 is 16.1 Å². The van der Waals surface area contributed by atoms with Gasteiger partial charge in [-0.3, -0.25) is 4.68 Å². The molecule has 0 bridgehead atoms. The highest BCUT2D eigenvalue weighted by Crippen LogP contribution is 2.24. The smallest absolute Gasteiger partial charge is 0.246 e. The van der Waals surface area contributed by atoms with E-state index in [1.54, 1.807) is 7.05 Å². The minimum absolute atomic E-state index is 0.0184. The number of benzene rings is 1. The third-order valence-corrected chi connectivity index (χ3v) is 5.62. The molecule has 1 N–H and O–H groups in total. The standard InChI is InChI=1S/C16H23N3O3S/c1-13(2)16(12-20)19(10-14-7-5-4-6-8-14)23(21,22)15-9-17-18(3)11-15/h4-9,11,13,16,20H,10,12H2,1-3H3/t16-/m1/s1. The topological polar surface area (TPSA) is 75.4 Å². The molecule has 0 saturated carbocycles. The zero-order valence-electron chi connectivity index (χ0n) is 13.6. The van der Waals surface area contributed by atoms with Crippen LogP contribution in [0, 0.1) is 5.92 Å². The van der Waals surface area contributed by atoms with Gasteiger partial charge < -0.3 is 5.11 Å². The van der Waals surface area contributed by atoms with Crippen molar-refractivity contribution in [1.82, 2.24) is 14.1 Å². The Morgan fingerprint density at radius 2 is 1.91 bits per heavy atom. The van der Waals surface area contributed by atoms with Crippen LogP contribution in [0.2, 0.25) is 0 Å². The Bertz CT molecular complexity index is 726. The van der Waals surface area contributed by atoms with E-state index in [9.17, 15) is 13.5 Å². The summed E-state index contributed by atoms with van der Waals surface area (Å²) in [6.45, 7) is 3.78. The van der Waals surface area contributed by atoms with E-state index in [0.717, 1.165) is 5.56 Å². The number of aryl methyl sites for hydroxylation is 1. The number of aliphatic hydroxyl groups excluding tert-OH is 1. The summed E-state index contributed by atoms with van der Waals surface area (Å²) < 4.78 is 28.9. The van der Waals surface area contributed by atoms with Crippen LogP contribution in [0.3, 0.4) is 0 Å². The Kier molecular flexibility index (Phi) is 5.56. The normalized spacial score (nSPS) is 13.7. The number of aliphatic hydroxyl groups is 1. The van der Waals surface area contributed by atoms with Crippen molar-refractivity contribution in [2.45, 2.75) is 31.3 Å². The summed E-state index contributed by atoms with van der Waals surface area (Å²) in [5, 5.41) is 13.7. The fourth-order valence-electron chi connectivity index (χ4n) is 2.45. The van der Waals surface area contributed by atoms with E-state index in [2.05, 4.69) is 5.10 Å². The first-order valence-corrected chi connectivity index (χ1v) is 8.95. The average Bonchev–Trinajstić information content (AvgIpc) is 2.95. The van der Waals surface area contributed by atoms with Gasteiger partial charge in [0.1, 0.15) is 4.90 Å². The molecule has 0 aliphatic carbocycles. The zero-order valence-corrected chi connectivity index (χ0v) is 14.4.